The number of carbonyl (C=O) groups is 3. The van der Waals surface area contributed by atoms with Crippen molar-refractivity contribution in [3.8, 4) is 0 Å². The number of hydrogen-bond acceptors (Lipinski definition) is 4. The molecule has 3 heterocycles. The monoisotopic (exact) mass is 394 g/mol. The van der Waals surface area contributed by atoms with Gasteiger partial charge in [0.05, 0.1) is 23.4 Å². The molecule has 0 saturated heterocycles. The van der Waals surface area contributed by atoms with E-state index in [1.165, 1.54) is 0 Å². The predicted octanol–water partition coefficient (Wildman–Crippen LogP) is 1.53. The maximum absolute atomic E-state index is 12.6. The molecule has 3 amide bonds. The maximum atomic E-state index is 12.6. The van der Waals surface area contributed by atoms with Crippen LogP contribution in [0.15, 0.2) is 24.3 Å². The lowest BCUT2D eigenvalue weighted by atomic mass is 10.0. The van der Waals surface area contributed by atoms with Crippen molar-refractivity contribution in [2.45, 2.75) is 13.5 Å². The molecule has 0 aliphatic carbocycles. The molecule has 150 valence electrons. The summed E-state index contributed by atoms with van der Waals surface area (Å²) in [6, 6.07) is 7.35. The van der Waals surface area contributed by atoms with Crippen LogP contribution in [0.5, 0.6) is 0 Å². The molecular formula is C21H22N4O4. The van der Waals surface area contributed by atoms with Gasteiger partial charge in [-0.3, -0.25) is 14.4 Å². The topological polar surface area (TPSA) is 104 Å². The number of H-pyrrole nitrogens is 1. The maximum Gasteiger partial charge on any atom is 0.256 e. The highest BCUT2D eigenvalue weighted by Crippen LogP contribution is 2.34. The molecule has 0 fully saturated rings. The smallest absolute Gasteiger partial charge is 0.256 e. The number of hydrogen-bond donors (Lipinski definition) is 3. The molecule has 0 unspecified atom stereocenters. The zero-order chi connectivity index (χ0) is 20.5. The molecule has 8 nitrogen and oxygen atoms in total. The van der Waals surface area contributed by atoms with E-state index in [2.05, 4.69) is 15.6 Å². The summed E-state index contributed by atoms with van der Waals surface area (Å²) in [5.74, 6) is -0.653. The van der Waals surface area contributed by atoms with Gasteiger partial charge in [0.2, 0.25) is 5.91 Å². The van der Waals surface area contributed by atoms with Crippen molar-refractivity contribution < 1.29 is 19.1 Å². The zero-order valence-electron chi connectivity index (χ0n) is 16.3. The Kier molecular flexibility index (Phi) is 4.94. The van der Waals surface area contributed by atoms with Crippen LogP contribution in [0.1, 0.15) is 32.9 Å². The standard InChI is InChI=1S/C21H22N4O4/c1-12-7-16-18(23-12)9-15-14-8-13(3-4-17(14)24-21(15)28)10-25(2)19(26)11-29-6-5-22-20(16)27/h3-4,7-9,23H,5-6,10-11H2,1-2H3,(H,22,27)(H,24,28)/b15-9-. The van der Waals surface area contributed by atoms with Crippen molar-refractivity contribution in [1.82, 2.24) is 15.2 Å². The number of benzene rings is 1. The number of rotatable bonds is 0. The molecule has 0 saturated carbocycles. The van der Waals surface area contributed by atoms with Gasteiger partial charge < -0.3 is 25.3 Å². The first kappa shape index (κ1) is 18.9. The van der Waals surface area contributed by atoms with Gasteiger partial charge in [0.15, 0.2) is 0 Å². The van der Waals surface area contributed by atoms with E-state index in [-0.39, 0.29) is 37.5 Å². The Labute approximate surface area is 167 Å². The minimum absolute atomic E-state index is 0.0585. The van der Waals surface area contributed by atoms with Gasteiger partial charge in [-0.2, -0.15) is 0 Å². The van der Waals surface area contributed by atoms with E-state index in [0.29, 0.717) is 29.1 Å². The van der Waals surface area contributed by atoms with E-state index >= 15 is 0 Å². The van der Waals surface area contributed by atoms with E-state index < -0.39 is 0 Å². The number of likely N-dealkylation sites (N-methyl/N-ethyl adjacent to an activating group) is 1. The molecule has 0 radical (unpaired) electrons. The third kappa shape index (κ3) is 3.79. The van der Waals surface area contributed by atoms with Crippen molar-refractivity contribution in [1.29, 1.82) is 0 Å². The van der Waals surface area contributed by atoms with Crippen LogP contribution >= 0.6 is 0 Å². The van der Waals surface area contributed by atoms with Gasteiger partial charge in [0.1, 0.15) is 6.61 Å². The number of fused-ring (bicyclic) bond motifs is 2. The van der Waals surface area contributed by atoms with Gasteiger partial charge in [0, 0.05) is 37.1 Å². The molecule has 2 aliphatic rings. The lowest BCUT2D eigenvalue weighted by molar-refractivity contribution is -0.135. The number of aromatic nitrogens is 1. The Morgan fingerprint density at radius 2 is 1.90 bits per heavy atom. The molecule has 1 aromatic heterocycles. The molecule has 29 heavy (non-hydrogen) atoms. The van der Waals surface area contributed by atoms with Crippen LogP contribution in [-0.4, -0.2) is 54.4 Å². The van der Waals surface area contributed by atoms with Crippen LogP contribution in [0, 0.1) is 6.92 Å². The fourth-order valence-electron chi connectivity index (χ4n) is 3.50. The molecule has 3 N–H and O–H groups in total. The summed E-state index contributed by atoms with van der Waals surface area (Å²) in [5, 5.41) is 5.63. The third-order valence-corrected chi connectivity index (χ3v) is 4.99. The number of nitrogens with one attached hydrogen (secondary N) is 3. The molecule has 2 aliphatic heterocycles. The van der Waals surface area contributed by atoms with E-state index in [4.69, 9.17) is 4.74 Å². The summed E-state index contributed by atoms with van der Waals surface area (Å²) in [5.41, 5.74) is 4.67. The average molecular weight is 394 g/mol. The molecule has 2 bridgehead atoms. The molecule has 8 heteroatoms. The van der Waals surface area contributed by atoms with Crippen LogP contribution in [0.4, 0.5) is 5.69 Å². The second kappa shape index (κ2) is 7.56. The number of carbonyl (C=O) groups excluding carboxylic acids is 3. The third-order valence-electron chi connectivity index (χ3n) is 4.99. The SMILES string of the molecule is Cc1cc2c([nH]1)/C=C1\C(=O)Nc3ccc(cc31)CN(C)C(=O)COCCNC2=O. The number of aromatic amines is 1. The van der Waals surface area contributed by atoms with E-state index in [9.17, 15) is 14.4 Å². The first-order valence-corrected chi connectivity index (χ1v) is 9.38. The summed E-state index contributed by atoms with van der Waals surface area (Å²) in [4.78, 5) is 42.2. The van der Waals surface area contributed by atoms with Crippen molar-refractivity contribution in [2.75, 3.05) is 32.1 Å². The first-order chi connectivity index (χ1) is 13.9. The summed E-state index contributed by atoms with van der Waals surface area (Å²) in [6.45, 7) is 2.70. The molecule has 0 spiro atoms. The number of ether oxygens (including phenoxy) is 1. The van der Waals surface area contributed by atoms with Gasteiger partial charge in [-0.05, 0) is 36.8 Å². The molecule has 0 atom stereocenters. The fourth-order valence-corrected chi connectivity index (χ4v) is 3.50. The summed E-state index contributed by atoms with van der Waals surface area (Å²) < 4.78 is 5.39. The first-order valence-electron chi connectivity index (χ1n) is 9.38. The lowest BCUT2D eigenvalue weighted by Gasteiger charge is -2.18. The minimum atomic E-state index is -0.271. The van der Waals surface area contributed by atoms with Gasteiger partial charge >= 0.3 is 0 Å². The average Bonchev–Trinajstić information content (AvgIpc) is 3.20. The highest BCUT2D eigenvalue weighted by molar-refractivity contribution is 6.35. The Bertz CT molecular complexity index is 1040. The summed E-state index contributed by atoms with van der Waals surface area (Å²) >= 11 is 0. The zero-order valence-corrected chi connectivity index (χ0v) is 16.3. The summed E-state index contributed by atoms with van der Waals surface area (Å²) in [7, 11) is 1.71. The molecule has 4 rings (SSSR count). The second-order valence-electron chi connectivity index (χ2n) is 7.23. The second-order valence-corrected chi connectivity index (χ2v) is 7.23. The van der Waals surface area contributed by atoms with Gasteiger partial charge in [-0.1, -0.05) is 6.07 Å². The van der Waals surface area contributed by atoms with Crippen LogP contribution in [-0.2, 0) is 20.9 Å². The number of aryl methyl sites for hydroxylation is 1. The van der Waals surface area contributed by atoms with Gasteiger partial charge in [-0.15, -0.1) is 0 Å². The Morgan fingerprint density at radius 1 is 1.07 bits per heavy atom. The van der Waals surface area contributed by atoms with Crippen molar-refractivity contribution in [3.63, 3.8) is 0 Å². The van der Waals surface area contributed by atoms with Gasteiger partial charge in [0.25, 0.3) is 11.8 Å². The highest BCUT2D eigenvalue weighted by Gasteiger charge is 2.26. The number of anilines is 1. The van der Waals surface area contributed by atoms with Crippen LogP contribution in [0.3, 0.4) is 0 Å². The van der Waals surface area contributed by atoms with E-state index in [0.717, 1.165) is 16.8 Å². The fraction of sp³-hybridized carbons (Fsp3) is 0.286. The predicted molar refractivity (Wildman–Crippen MR) is 108 cm³/mol. The Hall–Kier alpha value is -3.39. The highest BCUT2D eigenvalue weighted by atomic mass is 16.5. The molecule has 1 aromatic carbocycles. The van der Waals surface area contributed by atoms with Crippen molar-refractivity contribution >= 4 is 35.1 Å². The molecule has 2 aromatic rings. The number of nitrogens with zero attached hydrogens (tertiary/aromatic N) is 1. The largest absolute Gasteiger partial charge is 0.370 e. The van der Waals surface area contributed by atoms with E-state index in [1.807, 2.05) is 25.1 Å². The Balaban J connectivity index is 1.79. The minimum Gasteiger partial charge on any atom is -0.370 e. The normalized spacial score (nSPS) is 19.3. The summed E-state index contributed by atoms with van der Waals surface area (Å²) in [6.07, 6.45) is 1.70. The van der Waals surface area contributed by atoms with Crippen molar-refractivity contribution in [2.24, 2.45) is 0 Å². The van der Waals surface area contributed by atoms with Crippen LogP contribution in [0.25, 0.3) is 11.6 Å². The van der Waals surface area contributed by atoms with Gasteiger partial charge in [-0.25, -0.2) is 0 Å². The quantitative estimate of drug-likeness (QED) is 0.630. The van der Waals surface area contributed by atoms with Crippen LogP contribution in [0.2, 0.25) is 0 Å². The van der Waals surface area contributed by atoms with Crippen LogP contribution < -0.4 is 10.6 Å². The lowest BCUT2D eigenvalue weighted by Crippen LogP contribution is -2.32. The van der Waals surface area contributed by atoms with E-state index in [1.54, 1.807) is 24.1 Å². The van der Waals surface area contributed by atoms with Crippen molar-refractivity contribution in [3.05, 3.63) is 52.3 Å². The molecular weight excluding hydrogens is 372 g/mol. The Morgan fingerprint density at radius 3 is 2.72 bits per heavy atom. The number of amides is 3.